The highest BCUT2D eigenvalue weighted by molar-refractivity contribution is 7.18. The van der Waals surface area contributed by atoms with Gasteiger partial charge in [-0.05, 0) is 29.4 Å². The number of para-hydroxylation sites is 1. The molecule has 0 aliphatic heterocycles. The van der Waals surface area contributed by atoms with Gasteiger partial charge in [0.15, 0.2) is 11.7 Å². The number of allylic oxidation sites excluding steroid dienone is 1. The summed E-state index contributed by atoms with van der Waals surface area (Å²) in [5, 5.41) is 13.0. The summed E-state index contributed by atoms with van der Waals surface area (Å²) in [6, 6.07) is 7.34. The third kappa shape index (κ3) is 4.13. The van der Waals surface area contributed by atoms with Gasteiger partial charge in [-0.3, -0.25) is 20.2 Å². The molecule has 8 heteroatoms. The number of carbonyl (C=O) groups excluding carboxylic acids is 1. The first-order valence-electron chi connectivity index (χ1n) is 6.32. The van der Waals surface area contributed by atoms with Gasteiger partial charge in [0.05, 0.1) is 4.92 Å². The molecule has 0 spiro atoms. The average Bonchev–Trinajstić information content (AvgIpc) is 2.95. The molecule has 0 unspecified atom stereocenters. The van der Waals surface area contributed by atoms with Crippen LogP contribution in [0.4, 0.5) is 10.1 Å². The molecule has 0 aliphatic carbocycles. The summed E-state index contributed by atoms with van der Waals surface area (Å²) in [5.41, 5.74) is 0.926. The zero-order chi connectivity index (χ0) is 15.9. The van der Waals surface area contributed by atoms with Crippen molar-refractivity contribution in [2.75, 3.05) is 11.9 Å². The Kier molecular flexibility index (Phi) is 5.21. The minimum Gasteiger partial charge on any atom is -0.483 e. The summed E-state index contributed by atoms with van der Waals surface area (Å²) in [4.78, 5) is 25.5. The number of thiazole rings is 1. The molecular weight excluding hydrogens is 306 g/mol. The molecule has 0 fully saturated rings. The molecular formula is C14H13N3O4S. The van der Waals surface area contributed by atoms with E-state index < -0.39 is 10.8 Å². The third-order valence-corrected chi connectivity index (χ3v) is 3.48. The number of aromatic nitrogens is 1. The van der Waals surface area contributed by atoms with Gasteiger partial charge in [0, 0.05) is 0 Å². The summed E-state index contributed by atoms with van der Waals surface area (Å²) in [6.07, 6.45) is 3.48. The molecule has 22 heavy (non-hydrogen) atoms. The Labute approximate surface area is 130 Å². The van der Waals surface area contributed by atoms with Crippen LogP contribution >= 0.6 is 11.3 Å². The van der Waals surface area contributed by atoms with Crippen LogP contribution < -0.4 is 10.1 Å². The second-order valence-corrected chi connectivity index (χ2v) is 5.21. The molecule has 0 radical (unpaired) electrons. The lowest BCUT2D eigenvalue weighted by Gasteiger charge is -2.09. The molecule has 1 aromatic carbocycles. The van der Waals surface area contributed by atoms with Crippen molar-refractivity contribution in [3.8, 4) is 5.75 Å². The SMILES string of the molecule is C=CCc1ccccc1OCC(=O)Nc1ncc([N+](=O)[O-])s1. The minimum absolute atomic E-state index is 0.132. The fourth-order valence-electron chi connectivity index (χ4n) is 1.68. The number of carbonyl (C=O) groups is 1. The van der Waals surface area contributed by atoms with Crippen LogP contribution in [0.2, 0.25) is 0 Å². The molecule has 0 saturated carbocycles. The van der Waals surface area contributed by atoms with Crippen molar-refractivity contribution in [2.45, 2.75) is 6.42 Å². The second-order valence-electron chi connectivity index (χ2n) is 4.20. The van der Waals surface area contributed by atoms with E-state index >= 15 is 0 Å². The lowest BCUT2D eigenvalue weighted by molar-refractivity contribution is -0.380. The lowest BCUT2D eigenvalue weighted by atomic mass is 10.1. The van der Waals surface area contributed by atoms with Crippen molar-refractivity contribution in [3.63, 3.8) is 0 Å². The monoisotopic (exact) mass is 319 g/mol. The van der Waals surface area contributed by atoms with E-state index in [1.54, 1.807) is 12.1 Å². The first-order valence-corrected chi connectivity index (χ1v) is 7.13. The van der Waals surface area contributed by atoms with Crippen LogP contribution in [0.3, 0.4) is 0 Å². The molecule has 114 valence electrons. The van der Waals surface area contributed by atoms with Crippen molar-refractivity contribution in [3.05, 3.63) is 58.8 Å². The maximum absolute atomic E-state index is 11.8. The Morgan fingerprint density at radius 3 is 2.95 bits per heavy atom. The Morgan fingerprint density at radius 2 is 2.27 bits per heavy atom. The quantitative estimate of drug-likeness (QED) is 0.481. The molecule has 1 heterocycles. The van der Waals surface area contributed by atoms with Crippen LogP contribution in [0.5, 0.6) is 5.75 Å². The normalized spacial score (nSPS) is 10.0. The first-order chi connectivity index (χ1) is 10.6. The van der Waals surface area contributed by atoms with Crippen LogP contribution in [0.15, 0.2) is 43.1 Å². The Hall–Kier alpha value is -2.74. The lowest BCUT2D eigenvalue weighted by Crippen LogP contribution is -2.20. The van der Waals surface area contributed by atoms with Gasteiger partial charge < -0.3 is 4.74 Å². The molecule has 1 amide bonds. The predicted molar refractivity (Wildman–Crippen MR) is 83.2 cm³/mol. The van der Waals surface area contributed by atoms with Crippen molar-refractivity contribution in [1.82, 2.24) is 4.98 Å². The summed E-state index contributed by atoms with van der Waals surface area (Å²) in [5.74, 6) is 0.167. The van der Waals surface area contributed by atoms with E-state index in [4.69, 9.17) is 4.74 Å². The average molecular weight is 319 g/mol. The van der Waals surface area contributed by atoms with E-state index in [2.05, 4.69) is 16.9 Å². The number of ether oxygens (including phenoxy) is 1. The number of nitrogens with one attached hydrogen (secondary N) is 1. The van der Waals surface area contributed by atoms with Crippen LogP contribution in [-0.2, 0) is 11.2 Å². The molecule has 0 saturated heterocycles. The number of anilines is 1. The number of rotatable bonds is 7. The second kappa shape index (κ2) is 7.32. The summed E-state index contributed by atoms with van der Waals surface area (Å²) < 4.78 is 5.46. The molecule has 1 aromatic heterocycles. The number of hydrogen-bond acceptors (Lipinski definition) is 6. The first kappa shape index (κ1) is 15.6. The fraction of sp³-hybridized carbons (Fsp3) is 0.143. The van der Waals surface area contributed by atoms with E-state index in [9.17, 15) is 14.9 Å². The fourth-order valence-corrected chi connectivity index (χ4v) is 2.32. The number of amides is 1. The Morgan fingerprint density at radius 1 is 1.50 bits per heavy atom. The van der Waals surface area contributed by atoms with E-state index in [-0.39, 0.29) is 16.7 Å². The van der Waals surface area contributed by atoms with Gasteiger partial charge >= 0.3 is 5.00 Å². The Bertz CT molecular complexity index is 699. The zero-order valence-corrected chi connectivity index (χ0v) is 12.3. The smallest absolute Gasteiger partial charge is 0.345 e. The maximum Gasteiger partial charge on any atom is 0.345 e. The van der Waals surface area contributed by atoms with E-state index in [0.29, 0.717) is 12.2 Å². The van der Waals surface area contributed by atoms with Crippen molar-refractivity contribution >= 4 is 27.4 Å². The summed E-state index contributed by atoms with van der Waals surface area (Å²) >= 11 is 0.791. The summed E-state index contributed by atoms with van der Waals surface area (Å²) in [7, 11) is 0. The van der Waals surface area contributed by atoms with Crippen LogP contribution in [0.1, 0.15) is 5.56 Å². The molecule has 1 N–H and O–H groups in total. The molecule has 0 atom stereocenters. The zero-order valence-electron chi connectivity index (χ0n) is 11.5. The highest BCUT2D eigenvalue weighted by atomic mass is 32.1. The van der Waals surface area contributed by atoms with Gasteiger partial charge in [-0.25, -0.2) is 4.98 Å². The molecule has 0 bridgehead atoms. The largest absolute Gasteiger partial charge is 0.483 e. The van der Waals surface area contributed by atoms with Gasteiger partial charge in [0.2, 0.25) is 0 Å². The van der Waals surface area contributed by atoms with E-state index in [1.807, 2.05) is 18.2 Å². The van der Waals surface area contributed by atoms with Gasteiger partial charge in [-0.15, -0.1) is 6.58 Å². The van der Waals surface area contributed by atoms with Gasteiger partial charge in [0.25, 0.3) is 5.91 Å². The van der Waals surface area contributed by atoms with E-state index in [1.165, 1.54) is 0 Å². The van der Waals surface area contributed by atoms with Crippen molar-refractivity contribution < 1.29 is 14.5 Å². The van der Waals surface area contributed by atoms with E-state index in [0.717, 1.165) is 23.1 Å². The number of benzene rings is 1. The number of nitro groups is 1. The van der Waals surface area contributed by atoms with Crippen LogP contribution in [0, 0.1) is 10.1 Å². The highest BCUT2D eigenvalue weighted by Gasteiger charge is 2.14. The van der Waals surface area contributed by atoms with Crippen LogP contribution in [0.25, 0.3) is 0 Å². The Balaban J connectivity index is 1.92. The van der Waals surface area contributed by atoms with Gasteiger partial charge in [0.1, 0.15) is 11.9 Å². The van der Waals surface area contributed by atoms with Gasteiger partial charge in [-0.2, -0.15) is 0 Å². The molecule has 2 rings (SSSR count). The minimum atomic E-state index is -0.560. The standard InChI is InChI=1S/C14H13N3O4S/c1-2-5-10-6-3-4-7-11(10)21-9-12(18)16-14-15-8-13(22-14)17(19)20/h2-4,6-8H,1,5,9H2,(H,15,16,18). The van der Waals surface area contributed by atoms with Crippen LogP contribution in [-0.4, -0.2) is 22.4 Å². The maximum atomic E-state index is 11.8. The number of nitrogens with zero attached hydrogens (tertiary/aromatic N) is 2. The van der Waals surface area contributed by atoms with Crippen molar-refractivity contribution in [1.29, 1.82) is 0 Å². The van der Waals surface area contributed by atoms with Crippen molar-refractivity contribution in [2.24, 2.45) is 0 Å². The predicted octanol–water partition coefficient (Wildman–Crippen LogP) is 2.80. The van der Waals surface area contributed by atoms with Gasteiger partial charge in [-0.1, -0.05) is 24.3 Å². The highest BCUT2D eigenvalue weighted by Crippen LogP contribution is 2.25. The molecule has 0 aliphatic rings. The topological polar surface area (TPSA) is 94.4 Å². The third-order valence-electron chi connectivity index (χ3n) is 2.62. The summed E-state index contributed by atoms with van der Waals surface area (Å²) in [6.45, 7) is 3.46. The molecule has 2 aromatic rings. The molecule has 7 nitrogen and oxygen atoms in total. The number of hydrogen-bond donors (Lipinski definition) is 1.